The molecule has 1 unspecified atom stereocenters. The van der Waals surface area contributed by atoms with Crippen molar-refractivity contribution in [2.45, 2.75) is 78.9 Å². The Hall–Kier alpha value is -0.0800. The standard InChI is InChI=1S/C15H32N2/c1-8-12(9-2)17-11-15(6,7)16-10-13(17)14(3,4)5/h12-13,16H,8-11H2,1-7H3. The van der Waals surface area contributed by atoms with Crippen LogP contribution in [0.15, 0.2) is 0 Å². The smallest absolute Gasteiger partial charge is 0.0272 e. The molecule has 0 spiro atoms. The highest BCUT2D eigenvalue weighted by Crippen LogP contribution is 2.31. The van der Waals surface area contributed by atoms with E-state index in [-0.39, 0.29) is 5.54 Å². The minimum atomic E-state index is 0.254. The normalized spacial score (nSPS) is 26.5. The Morgan fingerprint density at radius 1 is 1.24 bits per heavy atom. The summed E-state index contributed by atoms with van der Waals surface area (Å²) >= 11 is 0. The molecule has 0 amide bonds. The molecule has 0 saturated carbocycles. The molecule has 0 aromatic rings. The molecular weight excluding hydrogens is 208 g/mol. The van der Waals surface area contributed by atoms with Crippen LogP contribution in [0, 0.1) is 5.41 Å². The maximum Gasteiger partial charge on any atom is 0.0272 e. The van der Waals surface area contributed by atoms with Crippen LogP contribution in [-0.4, -0.2) is 35.6 Å². The Labute approximate surface area is 108 Å². The van der Waals surface area contributed by atoms with Crippen molar-refractivity contribution in [1.82, 2.24) is 10.2 Å². The lowest BCUT2D eigenvalue weighted by Crippen LogP contribution is -2.66. The van der Waals surface area contributed by atoms with E-state index < -0.39 is 0 Å². The van der Waals surface area contributed by atoms with Crippen LogP contribution in [0.25, 0.3) is 0 Å². The van der Waals surface area contributed by atoms with Gasteiger partial charge in [-0.3, -0.25) is 4.90 Å². The van der Waals surface area contributed by atoms with Crippen LogP contribution in [-0.2, 0) is 0 Å². The molecule has 1 aliphatic rings. The third-order valence-electron chi connectivity index (χ3n) is 4.16. The van der Waals surface area contributed by atoms with Gasteiger partial charge in [-0.25, -0.2) is 0 Å². The summed E-state index contributed by atoms with van der Waals surface area (Å²) < 4.78 is 0. The van der Waals surface area contributed by atoms with Crippen LogP contribution in [0.2, 0.25) is 0 Å². The molecule has 17 heavy (non-hydrogen) atoms. The highest BCUT2D eigenvalue weighted by Gasteiger charge is 2.40. The van der Waals surface area contributed by atoms with Crippen LogP contribution in [0.1, 0.15) is 61.3 Å². The van der Waals surface area contributed by atoms with Crippen LogP contribution in [0.5, 0.6) is 0 Å². The van der Waals surface area contributed by atoms with Crippen molar-refractivity contribution >= 4 is 0 Å². The fraction of sp³-hybridized carbons (Fsp3) is 1.00. The largest absolute Gasteiger partial charge is 0.309 e. The molecule has 102 valence electrons. The van der Waals surface area contributed by atoms with Gasteiger partial charge in [0.25, 0.3) is 0 Å². The zero-order valence-corrected chi connectivity index (χ0v) is 12.9. The second-order valence-corrected chi connectivity index (χ2v) is 7.29. The first-order valence-corrected chi connectivity index (χ1v) is 7.22. The molecule has 0 radical (unpaired) electrons. The molecule has 1 aliphatic heterocycles. The maximum atomic E-state index is 3.71. The van der Waals surface area contributed by atoms with Gasteiger partial charge in [-0.15, -0.1) is 0 Å². The van der Waals surface area contributed by atoms with Crippen molar-refractivity contribution in [2.24, 2.45) is 5.41 Å². The van der Waals surface area contributed by atoms with Crippen molar-refractivity contribution in [3.63, 3.8) is 0 Å². The lowest BCUT2D eigenvalue weighted by molar-refractivity contribution is -0.00153. The number of hydrogen-bond acceptors (Lipinski definition) is 2. The van der Waals surface area contributed by atoms with Gasteiger partial charge in [-0.1, -0.05) is 34.6 Å². The zero-order chi connectivity index (χ0) is 13.3. The van der Waals surface area contributed by atoms with Crippen molar-refractivity contribution in [2.75, 3.05) is 13.1 Å². The number of hydrogen-bond donors (Lipinski definition) is 1. The molecule has 1 fully saturated rings. The fourth-order valence-corrected chi connectivity index (χ4v) is 3.06. The Morgan fingerprint density at radius 3 is 2.18 bits per heavy atom. The Balaban J connectivity index is 2.89. The van der Waals surface area contributed by atoms with Crippen molar-refractivity contribution in [1.29, 1.82) is 0 Å². The fourth-order valence-electron chi connectivity index (χ4n) is 3.06. The van der Waals surface area contributed by atoms with Gasteiger partial charge in [0.15, 0.2) is 0 Å². The monoisotopic (exact) mass is 240 g/mol. The summed E-state index contributed by atoms with van der Waals surface area (Å²) in [5.74, 6) is 0. The lowest BCUT2D eigenvalue weighted by Gasteiger charge is -2.52. The maximum absolute atomic E-state index is 3.71. The van der Waals surface area contributed by atoms with Gasteiger partial charge in [-0.2, -0.15) is 0 Å². The molecule has 0 aliphatic carbocycles. The second kappa shape index (κ2) is 5.27. The zero-order valence-electron chi connectivity index (χ0n) is 12.9. The van der Waals surface area contributed by atoms with E-state index in [2.05, 4.69) is 58.7 Å². The molecule has 2 heteroatoms. The summed E-state index contributed by atoms with van der Waals surface area (Å²) in [6.07, 6.45) is 2.53. The van der Waals surface area contributed by atoms with E-state index in [1.807, 2.05) is 0 Å². The summed E-state index contributed by atoms with van der Waals surface area (Å²) in [4.78, 5) is 2.76. The first kappa shape index (κ1) is 15.0. The van der Waals surface area contributed by atoms with E-state index in [0.717, 1.165) is 12.6 Å². The van der Waals surface area contributed by atoms with E-state index >= 15 is 0 Å². The number of nitrogens with zero attached hydrogens (tertiary/aromatic N) is 1. The SMILES string of the molecule is CCC(CC)N1CC(C)(C)NCC1C(C)(C)C. The number of nitrogens with one attached hydrogen (secondary N) is 1. The van der Waals surface area contributed by atoms with Crippen molar-refractivity contribution in [3.8, 4) is 0 Å². The van der Waals surface area contributed by atoms with Gasteiger partial charge in [0, 0.05) is 30.7 Å². The highest BCUT2D eigenvalue weighted by molar-refractivity contribution is 4.98. The van der Waals surface area contributed by atoms with Crippen LogP contribution < -0.4 is 5.32 Å². The predicted octanol–water partition coefficient (Wildman–Crippen LogP) is 3.27. The van der Waals surface area contributed by atoms with E-state index in [1.165, 1.54) is 19.4 Å². The Kier molecular flexibility index (Phi) is 4.65. The average molecular weight is 240 g/mol. The molecule has 1 saturated heterocycles. The minimum Gasteiger partial charge on any atom is -0.309 e. The molecule has 1 N–H and O–H groups in total. The highest BCUT2D eigenvalue weighted by atomic mass is 15.3. The minimum absolute atomic E-state index is 0.254. The number of rotatable bonds is 3. The Bertz CT molecular complexity index is 236. The van der Waals surface area contributed by atoms with Gasteiger partial charge < -0.3 is 5.32 Å². The van der Waals surface area contributed by atoms with Crippen LogP contribution >= 0.6 is 0 Å². The van der Waals surface area contributed by atoms with Gasteiger partial charge in [-0.05, 0) is 32.1 Å². The quantitative estimate of drug-likeness (QED) is 0.814. The summed E-state index contributed by atoms with van der Waals surface area (Å²) in [6, 6.07) is 1.39. The van der Waals surface area contributed by atoms with Gasteiger partial charge in [0.2, 0.25) is 0 Å². The number of piperazine rings is 1. The van der Waals surface area contributed by atoms with Gasteiger partial charge >= 0.3 is 0 Å². The van der Waals surface area contributed by atoms with Gasteiger partial charge in [0.05, 0.1) is 0 Å². The van der Waals surface area contributed by atoms with Crippen molar-refractivity contribution in [3.05, 3.63) is 0 Å². The van der Waals surface area contributed by atoms with E-state index in [4.69, 9.17) is 0 Å². The molecule has 0 bridgehead atoms. The summed E-state index contributed by atoms with van der Waals surface area (Å²) in [6.45, 7) is 18.7. The first-order chi connectivity index (χ1) is 7.71. The molecule has 0 aromatic heterocycles. The summed E-state index contributed by atoms with van der Waals surface area (Å²) in [5.41, 5.74) is 0.608. The third-order valence-corrected chi connectivity index (χ3v) is 4.16. The lowest BCUT2D eigenvalue weighted by atomic mass is 9.81. The summed E-state index contributed by atoms with van der Waals surface area (Å²) in [7, 11) is 0. The molecule has 1 rings (SSSR count). The van der Waals surface area contributed by atoms with Crippen LogP contribution in [0.3, 0.4) is 0 Å². The van der Waals surface area contributed by atoms with E-state index in [1.54, 1.807) is 0 Å². The Morgan fingerprint density at radius 2 is 1.76 bits per heavy atom. The molecule has 1 atom stereocenters. The van der Waals surface area contributed by atoms with E-state index in [0.29, 0.717) is 11.5 Å². The summed E-state index contributed by atoms with van der Waals surface area (Å²) in [5, 5.41) is 3.71. The van der Waals surface area contributed by atoms with Crippen LogP contribution in [0.4, 0.5) is 0 Å². The molecule has 0 aromatic carbocycles. The third kappa shape index (κ3) is 3.69. The van der Waals surface area contributed by atoms with Crippen molar-refractivity contribution < 1.29 is 0 Å². The first-order valence-electron chi connectivity index (χ1n) is 7.22. The van der Waals surface area contributed by atoms with Gasteiger partial charge in [0.1, 0.15) is 0 Å². The molecular formula is C15H32N2. The van der Waals surface area contributed by atoms with E-state index in [9.17, 15) is 0 Å². The predicted molar refractivity (Wildman–Crippen MR) is 76.4 cm³/mol. The second-order valence-electron chi connectivity index (χ2n) is 7.29. The topological polar surface area (TPSA) is 15.3 Å². The average Bonchev–Trinajstić information content (AvgIpc) is 2.16. The molecule has 2 nitrogen and oxygen atoms in total. The molecule has 1 heterocycles.